The second-order valence-electron chi connectivity index (χ2n) is 6.43. The molecule has 108 valence electrons. The van der Waals surface area contributed by atoms with Crippen LogP contribution in [0.15, 0.2) is 6.20 Å². The summed E-state index contributed by atoms with van der Waals surface area (Å²) in [6.45, 7) is 10.9. The van der Waals surface area contributed by atoms with Crippen LogP contribution in [-0.4, -0.2) is 27.4 Å². The van der Waals surface area contributed by atoms with Crippen molar-refractivity contribution in [2.75, 3.05) is 6.54 Å². The highest BCUT2D eigenvalue weighted by atomic mass is 16.4. The van der Waals surface area contributed by atoms with Gasteiger partial charge in [0.1, 0.15) is 6.04 Å². The minimum absolute atomic E-state index is 0.177. The molecule has 19 heavy (non-hydrogen) atoms. The van der Waals surface area contributed by atoms with Crippen molar-refractivity contribution in [3.63, 3.8) is 0 Å². The van der Waals surface area contributed by atoms with Crippen molar-refractivity contribution in [1.29, 1.82) is 0 Å². The first kappa shape index (κ1) is 15.7. The van der Waals surface area contributed by atoms with Gasteiger partial charge < -0.3 is 10.4 Å². The average Bonchev–Trinajstić information content (AvgIpc) is 2.59. The van der Waals surface area contributed by atoms with Crippen LogP contribution in [0.4, 0.5) is 0 Å². The summed E-state index contributed by atoms with van der Waals surface area (Å²) in [5.74, 6) is -0.462. The van der Waals surface area contributed by atoms with Crippen molar-refractivity contribution in [1.82, 2.24) is 15.1 Å². The van der Waals surface area contributed by atoms with E-state index in [2.05, 4.69) is 24.3 Å². The predicted octanol–water partition coefficient (Wildman–Crippen LogP) is 2.09. The summed E-state index contributed by atoms with van der Waals surface area (Å²) in [4.78, 5) is 11.5. The first-order valence-corrected chi connectivity index (χ1v) is 6.63. The molecule has 0 spiro atoms. The zero-order valence-corrected chi connectivity index (χ0v) is 12.7. The molecular weight excluding hydrogens is 242 g/mol. The molecule has 1 heterocycles. The maximum atomic E-state index is 11.5. The third-order valence-electron chi connectivity index (χ3n) is 2.86. The van der Waals surface area contributed by atoms with E-state index in [-0.39, 0.29) is 5.41 Å². The minimum Gasteiger partial charge on any atom is -0.480 e. The topological polar surface area (TPSA) is 67.2 Å². The molecule has 5 nitrogen and oxygen atoms in total. The van der Waals surface area contributed by atoms with E-state index in [4.69, 9.17) is 0 Å². The molecule has 0 bridgehead atoms. The zero-order chi connectivity index (χ0) is 14.8. The SMILES string of the molecule is CC(C)CNC(C(=O)O)c1cn(C)nc1C(C)(C)C. The molecule has 1 atom stereocenters. The average molecular weight is 267 g/mol. The number of hydrogen-bond donors (Lipinski definition) is 2. The van der Waals surface area contributed by atoms with E-state index >= 15 is 0 Å². The predicted molar refractivity (Wildman–Crippen MR) is 75.1 cm³/mol. The molecule has 0 aromatic carbocycles. The summed E-state index contributed by atoms with van der Waals surface area (Å²) in [5, 5.41) is 17.0. The third kappa shape index (κ3) is 4.06. The number of aliphatic carboxylic acids is 1. The van der Waals surface area contributed by atoms with Crippen LogP contribution < -0.4 is 5.32 Å². The van der Waals surface area contributed by atoms with Crippen molar-refractivity contribution in [3.05, 3.63) is 17.5 Å². The van der Waals surface area contributed by atoms with Gasteiger partial charge in [0.2, 0.25) is 0 Å². The number of nitrogens with one attached hydrogen (secondary N) is 1. The summed E-state index contributed by atoms with van der Waals surface area (Å²) in [5.41, 5.74) is 1.41. The Morgan fingerprint density at radius 1 is 1.47 bits per heavy atom. The Labute approximate surface area is 115 Å². The van der Waals surface area contributed by atoms with Gasteiger partial charge in [0.15, 0.2) is 0 Å². The van der Waals surface area contributed by atoms with Crippen LogP contribution in [0.1, 0.15) is 51.9 Å². The maximum absolute atomic E-state index is 11.5. The first-order valence-electron chi connectivity index (χ1n) is 6.63. The highest BCUT2D eigenvalue weighted by Gasteiger charge is 2.30. The van der Waals surface area contributed by atoms with Gasteiger partial charge in [0.25, 0.3) is 0 Å². The molecule has 1 aromatic heterocycles. The van der Waals surface area contributed by atoms with Crippen LogP contribution in [0.25, 0.3) is 0 Å². The van der Waals surface area contributed by atoms with E-state index < -0.39 is 12.0 Å². The van der Waals surface area contributed by atoms with E-state index in [0.29, 0.717) is 12.5 Å². The zero-order valence-electron chi connectivity index (χ0n) is 12.7. The van der Waals surface area contributed by atoms with Crippen LogP contribution in [0.2, 0.25) is 0 Å². The van der Waals surface area contributed by atoms with Crippen LogP contribution in [0.5, 0.6) is 0 Å². The lowest BCUT2D eigenvalue weighted by Crippen LogP contribution is -2.33. The number of hydrogen-bond acceptors (Lipinski definition) is 3. The van der Waals surface area contributed by atoms with Gasteiger partial charge in [-0.15, -0.1) is 0 Å². The second-order valence-corrected chi connectivity index (χ2v) is 6.43. The third-order valence-corrected chi connectivity index (χ3v) is 2.86. The summed E-state index contributed by atoms with van der Waals surface area (Å²) in [6, 6.07) is -0.703. The van der Waals surface area contributed by atoms with Gasteiger partial charge in [-0.05, 0) is 12.5 Å². The molecule has 0 fully saturated rings. The fraction of sp³-hybridized carbons (Fsp3) is 0.714. The molecule has 5 heteroatoms. The summed E-state index contributed by atoms with van der Waals surface area (Å²) in [6.07, 6.45) is 1.80. The van der Waals surface area contributed by atoms with E-state index in [1.807, 2.05) is 27.8 Å². The molecule has 1 rings (SSSR count). The van der Waals surface area contributed by atoms with E-state index in [9.17, 15) is 9.90 Å². The Bertz CT molecular complexity index is 444. The van der Waals surface area contributed by atoms with Gasteiger partial charge in [-0.25, -0.2) is 0 Å². The van der Waals surface area contributed by atoms with Crippen molar-refractivity contribution in [3.8, 4) is 0 Å². The number of carboxylic acids is 1. The Morgan fingerprint density at radius 2 is 2.05 bits per heavy atom. The normalized spacial score (nSPS) is 13.8. The molecular formula is C14H25N3O2. The van der Waals surface area contributed by atoms with Crippen LogP contribution in [-0.2, 0) is 17.3 Å². The Balaban J connectivity index is 3.12. The largest absolute Gasteiger partial charge is 0.480 e. The molecule has 1 unspecified atom stereocenters. The Hall–Kier alpha value is -1.36. The minimum atomic E-state index is -0.862. The fourth-order valence-electron chi connectivity index (χ4n) is 1.98. The van der Waals surface area contributed by atoms with Crippen LogP contribution >= 0.6 is 0 Å². The lowest BCUT2D eigenvalue weighted by Gasteiger charge is -2.21. The maximum Gasteiger partial charge on any atom is 0.325 e. The number of carboxylic acid groups (broad SMARTS) is 1. The van der Waals surface area contributed by atoms with Gasteiger partial charge in [-0.3, -0.25) is 9.48 Å². The van der Waals surface area contributed by atoms with Crippen molar-refractivity contribution in [2.45, 2.75) is 46.1 Å². The number of carbonyl (C=O) groups is 1. The molecule has 1 aromatic rings. The fourth-order valence-corrected chi connectivity index (χ4v) is 1.98. The lowest BCUT2D eigenvalue weighted by molar-refractivity contribution is -0.139. The highest BCUT2D eigenvalue weighted by molar-refractivity contribution is 5.76. The monoisotopic (exact) mass is 267 g/mol. The van der Waals surface area contributed by atoms with E-state index in [1.54, 1.807) is 10.9 Å². The standard InChI is InChI=1S/C14H25N3O2/c1-9(2)7-15-11(13(18)19)10-8-17(6)16-12(10)14(3,4)5/h8-9,11,15H,7H2,1-6H3,(H,18,19). The van der Waals surface area contributed by atoms with E-state index in [0.717, 1.165) is 11.3 Å². The van der Waals surface area contributed by atoms with Crippen molar-refractivity contribution in [2.24, 2.45) is 13.0 Å². The molecule has 0 saturated carbocycles. The number of rotatable bonds is 5. The molecule has 0 aliphatic rings. The van der Waals surface area contributed by atoms with Crippen LogP contribution in [0, 0.1) is 5.92 Å². The highest BCUT2D eigenvalue weighted by Crippen LogP contribution is 2.28. The van der Waals surface area contributed by atoms with Gasteiger partial charge in [0, 0.05) is 24.2 Å². The first-order chi connectivity index (χ1) is 8.62. The summed E-state index contributed by atoms with van der Waals surface area (Å²) < 4.78 is 1.68. The van der Waals surface area contributed by atoms with Gasteiger partial charge in [0.05, 0.1) is 5.69 Å². The number of aromatic nitrogens is 2. The quantitative estimate of drug-likeness (QED) is 0.857. The number of aryl methyl sites for hydroxylation is 1. The molecule has 0 aliphatic carbocycles. The summed E-state index contributed by atoms with van der Waals surface area (Å²) >= 11 is 0. The molecule has 0 aliphatic heterocycles. The smallest absolute Gasteiger partial charge is 0.325 e. The second kappa shape index (κ2) is 5.74. The lowest BCUT2D eigenvalue weighted by atomic mass is 9.87. The summed E-state index contributed by atoms with van der Waals surface area (Å²) in [7, 11) is 1.82. The van der Waals surface area contributed by atoms with E-state index in [1.165, 1.54) is 0 Å². The molecule has 0 saturated heterocycles. The van der Waals surface area contributed by atoms with Crippen LogP contribution in [0.3, 0.4) is 0 Å². The van der Waals surface area contributed by atoms with Gasteiger partial charge in [-0.2, -0.15) is 5.10 Å². The molecule has 0 amide bonds. The van der Waals surface area contributed by atoms with Gasteiger partial charge in [-0.1, -0.05) is 34.6 Å². The molecule has 0 radical (unpaired) electrons. The van der Waals surface area contributed by atoms with Crippen molar-refractivity contribution < 1.29 is 9.90 Å². The van der Waals surface area contributed by atoms with Crippen molar-refractivity contribution >= 4 is 5.97 Å². The van der Waals surface area contributed by atoms with Gasteiger partial charge >= 0.3 is 5.97 Å². The number of nitrogens with zero attached hydrogens (tertiary/aromatic N) is 2. The Morgan fingerprint density at radius 3 is 2.47 bits per heavy atom. The molecule has 2 N–H and O–H groups in total. The Kier molecular flexibility index (Phi) is 4.74.